The van der Waals surface area contributed by atoms with Crippen LogP contribution in [0.15, 0.2) is 48.8 Å². The quantitative estimate of drug-likeness (QED) is 0.317. The molecule has 9 heteroatoms. The van der Waals surface area contributed by atoms with Crippen molar-refractivity contribution in [3.63, 3.8) is 0 Å². The molecule has 6 nitrogen and oxygen atoms in total. The van der Waals surface area contributed by atoms with Gasteiger partial charge in [0.25, 0.3) is 0 Å². The van der Waals surface area contributed by atoms with Gasteiger partial charge in [-0.1, -0.05) is 47.9 Å². The Morgan fingerprint density at radius 1 is 0.939 bits per heavy atom. The summed E-state index contributed by atoms with van der Waals surface area (Å²) in [4.78, 5) is 15.7. The average molecular weight is 483 g/mol. The molecule has 0 unspecified atom stereocenters. The minimum absolute atomic E-state index is 0.0521. The van der Waals surface area contributed by atoms with Crippen LogP contribution in [-0.2, 0) is 6.54 Å². The van der Waals surface area contributed by atoms with Crippen molar-refractivity contribution in [2.75, 3.05) is 23.7 Å². The Balaban J connectivity index is 1.29. The number of nitrogens with zero attached hydrogens (tertiary/aromatic N) is 4. The molecule has 2 aromatic carbocycles. The third kappa shape index (κ3) is 5.40. The van der Waals surface area contributed by atoms with Crippen LogP contribution in [-0.4, -0.2) is 32.9 Å². The number of benzene rings is 2. The molecule has 1 aliphatic heterocycles. The normalized spacial score (nSPS) is 14.8. The molecule has 0 radical (unpaired) electrons. The summed E-state index contributed by atoms with van der Waals surface area (Å²) in [5, 5.41) is 7.33. The molecule has 3 heterocycles. The predicted octanol–water partition coefficient (Wildman–Crippen LogP) is 6.74. The van der Waals surface area contributed by atoms with Gasteiger partial charge >= 0.3 is 0 Å². The zero-order chi connectivity index (χ0) is 22.6. The molecule has 0 bridgehead atoms. The van der Waals surface area contributed by atoms with Crippen LogP contribution in [0.25, 0.3) is 10.3 Å². The van der Waals surface area contributed by atoms with E-state index in [1.54, 1.807) is 6.07 Å². The number of nitrogens with one attached hydrogen (secondary N) is 2. The zero-order valence-corrected chi connectivity index (χ0v) is 19.6. The number of likely N-dealkylation sites (tertiary alicyclic amines) is 1. The Kier molecular flexibility index (Phi) is 6.66. The molecular weight excluding hydrogens is 459 g/mol. The van der Waals surface area contributed by atoms with Gasteiger partial charge in [0.1, 0.15) is 16.8 Å². The van der Waals surface area contributed by atoms with Gasteiger partial charge in [0.05, 0.1) is 5.02 Å². The van der Waals surface area contributed by atoms with Crippen molar-refractivity contribution in [3.8, 4) is 0 Å². The van der Waals surface area contributed by atoms with E-state index >= 15 is 0 Å². The number of hydrogen-bond donors (Lipinski definition) is 2. The van der Waals surface area contributed by atoms with E-state index in [1.165, 1.54) is 74.1 Å². The number of fused-ring (bicyclic) bond motifs is 1. The Labute approximate surface area is 200 Å². The maximum absolute atomic E-state index is 13.5. The molecule has 5 rings (SSSR count). The fourth-order valence-corrected chi connectivity index (χ4v) is 5.04. The fraction of sp³-hybridized carbons (Fsp3) is 0.292. The smallest absolute Gasteiger partial charge is 0.189 e. The van der Waals surface area contributed by atoms with Crippen LogP contribution in [0.1, 0.15) is 31.2 Å². The highest BCUT2D eigenvalue weighted by Gasteiger charge is 2.13. The van der Waals surface area contributed by atoms with Crippen LogP contribution < -0.4 is 10.6 Å². The van der Waals surface area contributed by atoms with Crippen molar-refractivity contribution in [1.29, 1.82) is 0 Å². The molecule has 1 fully saturated rings. The molecule has 2 aromatic heterocycles. The number of rotatable bonds is 6. The maximum atomic E-state index is 13.5. The SMILES string of the molecule is Fc1ccc(Nc2ncnc3nc(Nc4ccc(CN5CCCCCC5)cc4)sc23)cc1Cl. The number of hydrogen-bond acceptors (Lipinski definition) is 7. The first kappa shape index (κ1) is 22.0. The lowest BCUT2D eigenvalue weighted by molar-refractivity contribution is 0.277. The van der Waals surface area contributed by atoms with Crippen molar-refractivity contribution in [2.24, 2.45) is 0 Å². The van der Waals surface area contributed by atoms with E-state index < -0.39 is 5.82 Å². The van der Waals surface area contributed by atoms with Crippen molar-refractivity contribution in [3.05, 3.63) is 65.2 Å². The van der Waals surface area contributed by atoms with Crippen LogP contribution in [0.3, 0.4) is 0 Å². The molecule has 0 spiro atoms. The highest BCUT2D eigenvalue weighted by molar-refractivity contribution is 7.22. The van der Waals surface area contributed by atoms with E-state index in [4.69, 9.17) is 11.6 Å². The molecule has 0 aliphatic carbocycles. The van der Waals surface area contributed by atoms with Gasteiger partial charge in [0.2, 0.25) is 0 Å². The summed E-state index contributed by atoms with van der Waals surface area (Å²) in [7, 11) is 0. The fourth-order valence-electron chi connectivity index (χ4n) is 3.98. The summed E-state index contributed by atoms with van der Waals surface area (Å²) in [6.07, 6.45) is 6.74. The summed E-state index contributed by atoms with van der Waals surface area (Å²) in [6.45, 7) is 3.37. The Morgan fingerprint density at radius 2 is 1.70 bits per heavy atom. The monoisotopic (exact) mass is 482 g/mol. The summed E-state index contributed by atoms with van der Waals surface area (Å²) >= 11 is 7.35. The van der Waals surface area contributed by atoms with E-state index in [2.05, 4.69) is 54.8 Å². The molecule has 1 aliphatic rings. The first-order chi connectivity index (χ1) is 16.1. The van der Waals surface area contributed by atoms with Gasteiger partial charge in [0.15, 0.2) is 16.6 Å². The second-order valence-corrected chi connectivity index (χ2v) is 9.57. The minimum atomic E-state index is -0.461. The number of aromatic nitrogens is 3. The van der Waals surface area contributed by atoms with Crippen LogP contribution in [0.5, 0.6) is 0 Å². The van der Waals surface area contributed by atoms with Crippen LogP contribution >= 0.6 is 22.9 Å². The van der Waals surface area contributed by atoms with Crippen molar-refractivity contribution in [1.82, 2.24) is 19.9 Å². The van der Waals surface area contributed by atoms with Gasteiger partial charge in [-0.25, -0.2) is 14.4 Å². The second-order valence-electron chi connectivity index (χ2n) is 8.16. The number of thiazole rings is 1. The predicted molar refractivity (Wildman–Crippen MR) is 133 cm³/mol. The molecule has 2 N–H and O–H groups in total. The summed E-state index contributed by atoms with van der Waals surface area (Å²) in [5.41, 5.74) is 3.53. The van der Waals surface area contributed by atoms with Gasteiger partial charge in [-0.05, 0) is 61.8 Å². The first-order valence-electron chi connectivity index (χ1n) is 11.1. The summed E-state index contributed by atoms with van der Waals surface area (Å²) in [5.74, 6) is 0.137. The van der Waals surface area contributed by atoms with Crippen molar-refractivity contribution in [2.45, 2.75) is 32.2 Å². The van der Waals surface area contributed by atoms with Crippen molar-refractivity contribution >= 4 is 55.6 Å². The van der Waals surface area contributed by atoms with E-state index in [-0.39, 0.29) is 5.02 Å². The topological polar surface area (TPSA) is 66.0 Å². The Hall–Kier alpha value is -2.81. The largest absolute Gasteiger partial charge is 0.339 e. The van der Waals surface area contributed by atoms with E-state index in [1.807, 2.05) is 0 Å². The van der Waals surface area contributed by atoms with Gasteiger partial charge < -0.3 is 10.6 Å². The Morgan fingerprint density at radius 3 is 2.45 bits per heavy atom. The minimum Gasteiger partial charge on any atom is -0.339 e. The third-order valence-electron chi connectivity index (χ3n) is 5.68. The highest BCUT2D eigenvalue weighted by atomic mass is 35.5. The zero-order valence-electron chi connectivity index (χ0n) is 18.0. The molecule has 1 saturated heterocycles. The van der Waals surface area contributed by atoms with Gasteiger partial charge in [-0.3, -0.25) is 4.90 Å². The molecule has 0 atom stereocenters. The standard InChI is InChI=1S/C24H24ClFN6S/c25-19-13-18(9-10-20(19)26)29-22-21-23(28-15-27-22)31-24(33-21)30-17-7-5-16(6-8-17)14-32-11-3-1-2-4-12-32/h5-10,13,15H,1-4,11-12,14H2,(H2,27,28,29,30,31). The molecule has 170 valence electrons. The average Bonchev–Trinajstić information content (AvgIpc) is 3.05. The first-order valence-corrected chi connectivity index (χ1v) is 12.3. The number of halogens is 2. The lowest BCUT2D eigenvalue weighted by atomic mass is 10.2. The second kappa shape index (κ2) is 9.99. The lowest BCUT2D eigenvalue weighted by Crippen LogP contribution is -2.23. The van der Waals surface area contributed by atoms with E-state index in [9.17, 15) is 4.39 Å². The third-order valence-corrected chi connectivity index (χ3v) is 6.94. The van der Waals surface area contributed by atoms with Gasteiger partial charge in [0, 0.05) is 17.9 Å². The summed E-state index contributed by atoms with van der Waals surface area (Å²) in [6, 6.07) is 13.0. The number of anilines is 4. The maximum Gasteiger partial charge on any atom is 0.189 e. The van der Waals surface area contributed by atoms with Gasteiger partial charge in [-0.2, -0.15) is 4.98 Å². The molecule has 0 amide bonds. The van der Waals surface area contributed by atoms with E-state index in [0.717, 1.165) is 22.1 Å². The van der Waals surface area contributed by atoms with Gasteiger partial charge in [-0.15, -0.1) is 0 Å². The molecular formula is C24H24ClFN6S. The van der Waals surface area contributed by atoms with Crippen molar-refractivity contribution < 1.29 is 4.39 Å². The van der Waals surface area contributed by atoms with Crippen LogP contribution in [0, 0.1) is 5.82 Å². The Bertz CT molecular complexity index is 1240. The van der Waals surface area contributed by atoms with Crippen LogP contribution in [0.4, 0.5) is 26.7 Å². The van der Waals surface area contributed by atoms with E-state index in [0.29, 0.717) is 17.2 Å². The molecule has 33 heavy (non-hydrogen) atoms. The van der Waals surface area contributed by atoms with Crippen LogP contribution in [0.2, 0.25) is 5.02 Å². The lowest BCUT2D eigenvalue weighted by Gasteiger charge is -2.19. The molecule has 0 saturated carbocycles. The highest BCUT2D eigenvalue weighted by Crippen LogP contribution is 2.33. The summed E-state index contributed by atoms with van der Waals surface area (Å²) < 4.78 is 14.3. The molecule has 4 aromatic rings.